The molecule has 0 radical (unpaired) electrons. The maximum absolute atomic E-state index is 11.0. The van der Waals surface area contributed by atoms with Crippen molar-refractivity contribution in [1.82, 2.24) is 4.90 Å². The maximum Gasteiger partial charge on any atom is 0.292 e. The van der Waals surface area contributed by atoms with Crippen LogP contribution in [-0.2, 0) is 6.54 Å². The van der Waals surface area contributed by atoms with Crippen LogP contribution in [-0.4, -0.2) is 29.0 Å². The summed E-state index contributed by atoms with van der Waals surface area (Å²) in [6.07, 6.45) is 0. The van der Waals surface area contributed by atoms with Gasteiger partial charge < -0.3 is 5.32 Å². The second-order valence-electron chi connectivity index (χ2n) is 6.06. The molecule has 0 aliphatic heterocycles. The zero-order valence-corrected chi connectivity index (χ0v) is 13.7. The van der Waals surface area contributed by atoms with Gasteiger partial charge in [-0.3, -0.25) is 15.0 Å². The Kier molecular flexibility index (Phi) is 6.62. The fourth-order valence-electron chi connectivity index (χ4n) is 2.33. The molecule has 1 N–H and O–H groups in total. The normalized spacial score (nSPS) is 11.4. The molecule has 5 heteroatoms. The van der Waals surface area contributed by atoms with Crippen LogP contribution in [0.5, 0.6) is 0 Å². The number of nitrogens with one attached hydrogen (secondary N) is 1. The Balaban J connectivity index is 2.96. The topological polar surface area (TPSA) is 58.4 Å². The van der Waals surface area contributed by atoms with Crippen molar-refractivity contribution in [3.63, 3.8) is 0 Å². The first-order valence-corrected chi connectivity index (χ1v) is 7.60. The third kappa shape index (κ3) is 5.34. The predicted molar refractivity (Wildman–Crippen MR) is 87.6 cm³/mol. The lowest BCUT2D eigenvalue weighted by atomic mass is 10.1. The smallest absolute Gasteiger partial charge is 0.292 e. The number of anilines is 1. The van der Waals surface area contributed by atoms with E-state index in [0.29, 0.717) is 24.2 Å². The Morgan fingerprint density at radius 2 is 1.95 bits per heavy atom. The van der Waals surface area contributed by atoms with Crippen molar-refractivity contribution < 1.29 is 4.92 Å². The summed E-state index contributed by atoms with van der Waals surface area (Å²) < 4.78 is 0. The number of nitrogens with zero attached hydrogens (tertiary/aromatic N) is 2. The van der Waals surface area contributed by atoms with Gasteiger partial charge in [-0.2, -0.15) is 0 Å². The summed E-state index contributed by atoms with van der Waals surface area (Å²) >= 11 is 0. The summed E-state index contributed by atoms with van der Waals surface area (Å²) in [5.41, 5.74) is 1.85. The van der Waals surface area contributed by atoms with Crippen LogP contribution in [0.3, 0.4) is 0 Å². The van der Waals surface area contributed by atoms with Crippen LogP contribution in [0.2, 0.25) is 0 Å². The summed E-state index contributed by atoms with van der Waals surface area (Å²) in [5.74, 6) is 0.596. The van der Waals surface area contributed by atoms with E-state index in [-0.39, 0.29) is 10.6 Å². The van der Waals surface area contributed by atoms with Gasteiger partial charge in [-0.1, -0.05) is 19.9 Å². The molecule has 0 aromatic heterocycles. The van der Waals surface area contributed by atoms with Crippen molar-refractivity contribution in [2.75, 3.05) is 18.4 Å². The summed E-state index contributed by atoms with van der Waals surface area (Å²) in [7, 11) is 0. The fraction of sp³-hybridized carbons (Fsp3) is 0.625. The van der Waals surface area contributed by atoms with E-state index < -0.39 is 0 Å². The van der Waals surface area contributed by atoms with Crippen LogP contribution in [0.4, 0.5) is 11.4 Å². The Hall–Kier alpha value is -1.62. The molecule has 0 saturated carbocycles. The highest BCUT2D eigenvalue weighted by atomic mass is 16.6. The highest BCUT2D eigenvalue weighted by Crippen LogP contribution is 2.26. The van der Waals surface area contributed by atoms with Gasteiger partial charge in [0.1, 0.15) is 5.69 Å². The van der Waals surface area contributed by atoms with Gasteiger partial charge in [0.05, 0.1) is 4.92 Å². The second kappa shape index (κ2) is 7.98. The van der Waals surface area contributed by atoms with Gasteiger partial charge in [0, 0.05) is 31.7 Å². The number of nitro groups is 1. The minimum Gasteiger partial charge on any atom is -0.380 e. The first kappa shape index (κ1) is 17.4. The van der Waals surface area contributed by atoms with Crippen LogP contribution >= 0.6 is 0 Å². The third-order valence-electron chi connectivity index (χ3n) is 3.34. The minimum atomic E-state index is -0.337. The van der Waals surface area contributed by atoms with Crippen molar-refractivity contribution in [3.8, 4) is 0 Å². The van der Waals surface area contributed by atoms with Gasteiger partial charge in [0.2, 0.25) is 0 Å². The minimum absolute atomic E-state index is 0.139. The lowest BCUT2D eigenvalue weighted by Gasteiger charge is -2.28. The molecule has 0 aliphatic rings. The van der Waals surface area contributed by atoms with Crippen LogP contribution in [0.25, 0.3) is 0 Å². The average Bonchev–Trinajstić information content (AvgIpc) is 2.37. The number of rotatable bonds is 8. The quantitative estimate of drug-likeness (QED) is 0.583. The zero-order valence-electron chi connectivity index (χ0n) is 13.7. The first-order chi connectivity index (χ1) is 9.85. The maximum atomic E-state index is 11.0. The molecule has 0 aliphatic carbocycles. The third-order valence-corrected chi connectivity index (χ3v) is 3.34. The van der Waals surface area contributed by atoms with E-state index in [0.717, 1.165) is 18.7 Å². The largest absolute Gasteiger partial charge is 0.380 e. The molecule has 0 spiro atoms. The number of hydrogen-bond donors (Lipinski definition) is 1. The number of hydrogen-bond acceptors (Lipinski definition) is 4. The van der Waals surface area contributed by atoms with Crippen molar-refractivity contribution in [2.45, 2.75) is 47.2 Å². The molecule has 0 heterocycles. The second-order valence-corrected chi connectivity index (χ2v) is 6.06. The summed E-state index contributed by atoms with van der Waals surface area (Å²) in [4.78, 5) is 13.1. The van der Waals surface area contributed by atoms with Gasteiger partial charge >= 0.3 is 0 Å². The molecule has 5 nitrogen and oxygen atoms in total. The highest BCUT2D eigenvalue weighted by molar-refractivity contribution is 5.62. The Morgan fingerprint density at radius 1 is 1.29 bits per heavy atom. The number of nitro benzene ring substituents is 1. The summed E-state index contributed by atoms with van der Waals surface area (Å²) in [5, 5.41) is 14.1. The number of benzene rings is 1. The van der Waals surface area contributed by atoms with Gasteiger partial charge in [-0.05, 0) is 38.3 Å². The molecule has 1 rings (SSSR count). The molecule has 0 bridgehead atoms. The van der Waals surface area contributed by atoms with Gasteiger partial charge in [0.25, 0.3) is 5.69 Å². The van der Waals surface area contributed by atoms with Crippen molar-refractivity contribution >= 4 is 11.4 Å². The van der Waals surface area contributed by atoms with Gasteiger partial charge in [-0.15, -0.1) is 0 Å². The summed E-state index contributed by atoms with van der Waals surface area (Å²) in [6, 6.07) is 5.80. The average molecular weight is 293 g/mol. The molecule has 1 aromatic rings. The van der Waals surface area contributed by atoms with E-state index in [1.165, 1.54) is 0 Å². The van der Waals surface area contributed by atoms with Crippen molar-refractivity contribution in [2.24, 2.45) is 5.92 Å². The molecule has 0 saturated heterocycles. The molecular formula is C16H27N3O2. The van der Waals surface area contributed by atoms with Crippen LogP contribution in [0, 0.1) is 16.0 Å². The molecule has 21 heavy (non-hydrogen) atoms. The molecule has 0 atom stereocenters. The van der Waals surface area contributed by atoms with Gasteiger partial charge in [-0.25, -0.2) is 0 Å². The van der Waals surface area contributed by atoms with Crippen LogP contribution in [0.15, 0.2) is 18.2 Å². The van der Waals surface area contributed by atoms with E-state index in [9.17, 15) is 10.1 Å². The molecule has 1 aromatic carbocycles. The zero-order chi connectivity index (χ0) is 16.0. The van der Waals surface area contributed by atoms with E-state index in [1.807, 2.05) is 19.1 Å². The van der Waals surface area contributed by atoms with Crippen LogP contribution in [0.1, 0.15) is 40.2 Å². The molecule has 0 fully saturated rings. The standard InChI is InChI=1S/C16H27N3O2/c1-6-17-15-9-14(7-8-16(15)19(20)21)11-18(13(4)5)10-12(2)3/h7-9,12-13,17H,6,10-11H2,1-5H3. The molecular weight excluding hydrogens is 266 g/mol. The highest BCUT2D eigenvalue weighted by Gasteiger charge is 2.16. The molecule has 0 amide bonds. The monoisotopic (exact) mass is 293 g/mol. The Bertz CT molecular complexity index is 473. The lowest BCUT2D eigenvalue weighted by molar-refractivity contribution is -0.384. The molecule has 0 unspecified atom stereocenters. The fourth-order valence-corrected chi connectivity index (χ4v) is 2.33. The van der Waals surface area contributed by atoms with E-state index in [4.69, 9.17) is 0 Å². The Labute approximate surface area is 127 Å². The van der Waals surface area contributed by atoms with Crippen molar-refractivity contribution in [1.29, 1.82) is 0 Å². The Morgan fingerprint density at radius 3 is 2.43 bits per heavy atom. The molecule has 118 valence electrons. The van der Waals surface area contributed by atoms with Crippen molar-refractivity contribution in [3.05, 3.63) is 33.9 Å². The van der Waals surface area contributed by atoms with E-state index in [1.54, 1.807) is 6.07 Å². The van der Waals surface area contributed by atoms with Gasteiger partial charge in [0.15, 0.2) is 0 Å². The van der Waals surface area contributed by atoms with E-state index >= 15 is 0 Å². The summed E-state index contributed by atoms with van der Waals surface area (Å²) in [6.45, 7) is 13.2. The van der Waals surface area contributed by atoms with Crippen LogP contribution < -0.4 is 5.32 Å². The SMILES string of the molecule is CCNc1cc(CN(CC(C)C)C(C)C)ccc1[N+](=O)[O-]. The first-order valence-electron chi connectivity index (χ1n) is 7.60. The predicted octanol–water partition coefficient (Wildman–Crippen LogP) is 3.89. The lowest BCUT2D eigenvalue weighted by Crippen LogP contribution is -2.33. The van der Waals surface area contributed by atoms with E-state index in [2.05, 4.69) is 37.9 Å².